The van der Waals surface area contributed by atoms with E-state index in [1.165, 1.54) is 0 Å². The number of para-hydroxylation sites is 2. The predicted octanol–water partition coefficient (Wildman–Crippen LogP) is 1.84. The van der Waals surface area contributed by atoms with Crippen LogP contribution in [0.15, 0.2) is 24.3 Å². The highest BCUT2D eigenvalue weighted by Gasteiger charge is 2.30. The van der Waals surface area contributed by atoms with Gasteiger partial charge in [-0.15, -0.1) is 0 Å². The molecule has 2 rings (SSSR count). The Morgan fingerprint density at radius 2 is 1.79 bits per heavy atom. The quantitative estimate of drug-likeness (QED) is 0.826. The van der Waals surface area contributed by atoms with Crippen molar-refractivity contribution in [1.29, 1.82) is 0 Å². The second-order valence-corrected chi connectivity index (χ2v) is 6.26. The molecule has 2 amide bonds. The number of nitrogens with zero attached hydrogens (tertiary/aromatic N) is 1. The van der Waals surface area contributed by atoms with Crippen LogP contribution in [0.2, 0.25) is 0 Å². The first-order valence-corrected chi connectivity index (χ1v) is 8.37. The zero-order valence-electron chi connectivity index (χ0n) is 14.6. The molecule has 1 fully saturated rings. The van der Waals surface area contributed by atoms with Crippen molar-refractivity contribution in [3.63, 3.8) is 0 Å². The van der Waals surface area contributed by atoms with E-state index in [2.05, 4.69) is 5.32 Å². The molecule has 1 atom stereocenters. The Morgan fingerprint density at radius 1 is 1.17 bits per heavy atom. The minimum Gasteiger partial charge on any atom is -0.493 e. The summed E-state index contributed by atoms with van der Waals surface area (Å²) in [5, 5.41) is 2.80. The Morgan fingerprint density at radius 3 is 2.38 bits per heavy atom. The lowest BCUT2D eigenvalue weighted by Crippen LogP contribution is -2.51. The lowest BCUT2D eigenvalue weighted by atomic mass is 10.0. The number of methoxy groups -OCH3 is 1. The van der Waals surface area contributed by atoms with Gasteiger partial charge >= 0.3 is 0 Å². The zero-order valence-corrected chi connectivity index (χ0v) is 14.6. The summed E-state index contributed by atoms with van der Waals surface area (Å²) in [7, 11) is 1.55. The molecule has 0 spiro atoms. The lowest BCUT2D eigenvalue weighted by molar-refractivity contribution is -0.137. The standard InChI is InChI=1S/C18H26N2O4/c1-13(2)17(18(22)20-10-6-7-11-20)19-16(21)12-24-15-9-5-4-8-14(15)23-3/h4-5,8-9,13,17H,6-7,10-12H2,1-3H3,(H,19,21)/t17-/m0/s1. The van der Waals surface area contributed by atoms with E-state index in [1.54, 1.807) is 19.2 Å². The molecule has 0 aliphatic carbocycles. The van der Waals surface area contributed by atoms with Gasteiger partial charge in [-0.2, -0.15) is 0 Å². The molecule has 1 aromatic carbocycles. The van der Waals surface area contributed by atoms with Gasteiger partial charge in [-0.25, -0.2) is 0 Å². The molecule has 1 aliphatic rings. The third kappa shape index (κ3) is 4.63. The Hall–Kier alpha value is -2.24. The maximum Gasteiger partial charge on any atom is 0.258 e. The number of rotatable bonds is 7. The zero-order chi connectivity index (χ0) is 17.5. The minimum absolute atomic E-state index is 0.00635. The molecular weight excluding hydrogens is 308 g/mol. The maximum atomic E-state index is 12.5. The van der Waals surface area contributed by atoms with E-state index in [9.17, 15) is 9.59 Å². The van der Waals surface area contributed by atoms with Gasteiger partial charge in [0.2, 0.25) is 5.91 Å². The largest absolute Gasteiger partial charge is 0.493 e. The number of nitrogens with one attached hydrogen (secondary N) is 1. The Bertz CT molecular complexity index is 568. The van der Waals surface area contributed by atoms with E-state index in [0.29, 0.717) is 11.5 Å². The summed E-state index contributed by atoms with van der Waals surface area (Å²) in [6.45, 7) is 5.25. The van der Waals surface area contributed by atoms with Gasteiger partial charge in [0.25, 0.3) is 5.91 Å². The van der Waals surface area contributed by atoms with Crippen LogP contribution >= 0.6 is 0 Å². The van der Waals surface area contributed by atoms with Crippen LogP contribution in [0.5, 0.6) is 11.5 Å². The highest BCUT2D eigenvalue weighted by atomic mass is 16.5. The summed E-state index contributed by atoms with van der Waals surface area (Å²) >= 11 is 0. The predicted molar refractivity (Wildman–Crippen MR) is 91.1 cm³/mol. The first-order valence-electron chi connectivity index (χ1n) is 8.37. The Labute approximate surface area is 143 Å². The van der Waals surface area contributed by atoms with Crippen molar-refractivity contribution in [2.45, 2.75) is 32.7 Å². The summed E-state index contributed by atoms with van der Waals surface area (Å²) in [5.41, 5.74) is 0. The minimum atomic E-state index is -0.517. The number of amides is 2. The van der Waals surface area contributed by atoms with Crippen LogP contribution in [-0.4, -0.2) is 49.6 Å². The second-order valence-electron chi connectivity index (χ2n) is 6.26. The maximum absolute atomic E-state index is 12.5. The number of carbonyl (C=O) groups excluding carboxylic acids is 2. The molecule has 0 bridgehead atoms. The number of carbonyl (C=O) groups is 2. The molecule has 1 heterocycles. The van der Waals surface area contributed by atoms with Crippen molar-refractivity contribution in [2.24, 2.45) is 5.92 Å². The van der Waals surface area contributed by atoms with E-state index >= 15 is 0 Å². The average molecular weight is 334 g/mol. The number of hydrogen-bond donors (Lipinski definition) is 1. The van der Waals surface area contributed by atoms with Gasteiger partial charge < -0.3 is 19.7 Å². The van der Waals surface area contributed by atoms with Crippen molar-refractivity contribution in [1.82, 2.24) is 10.2 Å². The third-order valence-electron chi connectivity index (χ3n) is 4.09. The van der Waals surface area contributed by atoms with E-state index in [-0.39, 0.29) is 24.3 Å². The van der Waals surface area contributed by atoms with Crippen LogP contribution in [0, 0.1) is 5.92 Å². The molecule has 24 heavy (non-hydrogen) atoms. The third-order valence-corrected chi connectivity index (χ3v) is 4.09. The normalized spacial score (nSPS) is 15.2. The second kappa shape index (κ2) is 8.57. The fraction of sp³-hybridized carbons (Fsp3) is 0.556. The molecule has 1 aromatic rings. The highest BCUT2D eigenvalue weighted by molar-refractivity contribution is 5.88. The van der Waals surface area contributed by atoms with Gasteiger partial charge in [0.05, 0.1) is 7.11 Å². The van der Waals surface area contributed by atoms with E-state index < -0.39 is 6.04 Å². The summed E-state index contributed by atoms with van der Waals surface area (Å²) in [6, 6.07) is 6.62. The molecule has 0 unspecified atom stereocenters. The summed E-state index contributed by atoms with van der Waals surface area (Å²) < 4.78 is 10.7. The van der Waals surface area contributed by atoms with Crippen molar-refractivity contribution in [2.75, 3.05) is 26.8 Å². The van der Waals surface area contributed by atoms with Crippen LogP contribution in [0.25, 0.3) is 0 Å². The van der Waals surface area contributed by atoms with Gasteiger partial charge in [0.1, 0.15) is 6.04 Å². The first kappa shape index (κ1) is 18.1. The molecule has 0 saturated carbocycles. The molecule has 6 heteroatoms. The molecule has 1 N–H and O–H groups in total. The highest BCUT2D eigenvalue weighted by Crippen LogP contribution is 2.25. The number of hydrogen-bond acceptors (Lipinski definition) is 4. The van der Waals surface area contributed by atoms with Crippen LogP contribution in [0.4, 0.5) is 0 Å². The van der Waals surface area contributed by atoms with Crippen LogP contribution in [0.3, 0.4) is 0 Å². The van der Waals surface area contributed by atoms with Gasteiger partial charge in [0.15, 0.2) is 18.1 Å². The molecule has 6 nitrogen and oxygen atoms in total. The first-order chi connectivity index (χ1) is 11.5. The fourth-order valence-electron chi connectivity index (χ4n) is 2.74. The topological polar surface area (TPSA) is 67.9 Å². The fourth-order valence-corrected chi connectivity index (χ4v) is 2.74. The average Bonchev–Trinajstić information content (AvgIpc) is 3.11. The molecule has 0 aromatic heterocycles. The van der Waals surface area contributed by atoms with Gasteiger partial charge in [-0.05, 0) is 30.9 Å². The Kier molecular flexibility index (Phi) is 6.46. The summed E-state index contributed by atoms with van der Waals surface area (Å²) in [4.78, 5) is 26.6. The monoisotopic (exact) mass is 334 g/mol. The van der Waals surface area contributed by atoms with Crippen molar-refractivity contribution >= 4 is 11.8 Å². The summed E-state index contributed by atoms with van der Waals surface area (Å²) in [6.07, 6.45) is 2.06. The van der Waals surface area contributed by atoms with E-state index in [1.807, 2.05) is 30.9 Å². The van der Waals surface area contributed by atoms with E-state index in [0.717, 1.165) is 25.9 Å². The molecular formula is C18H26N2O4. The summed E-state index contributed by atoms with van der Waals surface area (Å²) in [5.74, 6) is 0.773. The van der Waals surface area contributed by atoms with Crippen molar-refractivity contribution < 1.29 is 19.1 Å². The van der Waals surface area contributed by atoms with Crippen LogP contribution in [-0.2, 0) is 9.59 Å². The smallest absolute Gasteiger partial charge is 0.258 e. The number of ether oxygens (including phenoxy) is 2. The Balaban J connectivity index is 1.92. The molecule has 0 radical (unpaired) electrons. The SMILES string of the molecule is COc1ccccc1OCC(=O)N[C@H](C(=O)N1CCCC1)C(C)C. The molecule has 132 valence electrons. The molecule has 1 saturated heterocycles. The van der Waals surface area contributed by atoms with Crippen molar-refractivity contribution in [3.8, 4) is 11.5 Å². The van der Waals surface area contributed by atoms with E-state index in [4.69, 9.17) is 9.47 Å². The van der Waals surface area contributed by atoms with Gasteiger partial charge in [0, 0.05) is 13.1 Å². The van der Waals surface area contributed by atoms with Crippen LogP contribution in [0.1, 0.15) is 26.7 Å². The lowest BCUT2D eigenvalue weighted by Gasteiger charge is -2.26. The van der Waals surface area contributed by atoms with Gasteiger partial charge in [-0.3, -0.25) is 9.59 Å². The van der Waals surface area contributed by atoms with Crippen molar-refractivity contribution in [3.05, 3.63) is 24.3 Å². The molecule has 1 aliphatic heterocycles. The van der Waals surface area contributed by atoms with Gasteiger partial charge in [-0.1, -0.05) is 26.0 Å². The number of likely N-dealkylation sites (tertiary alicyclic amines) is 1. The number of benzene rings is 1. The van der Waals surface area contributed by atoms with Crippen LogP contribution < -0.4 is 14.8 Å².